The lowest BCUT2D eigenvalue weighted by molar-refractivity contribution is 0.120. The van der Waals surface area contributed by atoms with Gasteiger partial charge < -0.3 is 20.9 Å². The first-order valence-corrected chi connectivity index (χ1v) is 9.30. The van der Waals surface area contributed by atoms with Gasteiger partial charge in [0.15, 0.2) is 0 Å². The van der Waals surface area contributed by atoms with Gasteiger partial charge in [-0.15, -0.1) is 0 Å². The Hall–Kier alpha value is -3.09. The Labute approximate surface area is 164 Å². The molecule has 6 nitrogen and oxygen atoms in total. The van der Waals surface area contributed by atoms with Crippen molar-refractivity contribution in [2.45, 2.75) is 25.1 Å². The van der Waals surface area contributed by atoms with Crippen molar-refractivity contribution in [1.29, 1.82) is 0 Å². The van der Waals surface area contributed by atoms with Gasteiger partial charge in [0.25, 0.3) is 0 Å². The highest BCUT2D eigenvalue weighted by atomic mass is 16.5. The molecule has 1 aliphatic carbocycles. The van der Waals surface area contributed by atoms with Crippen molar-refractivity contribution in [3.63, 3.8) is 0 Å². The van der Waals surface area contributed by atoms with Gasteiger partial charge in [0.05, 0.1) is 12.8 Å². The van der Waals surface area contributed by atoms with Gasteiger partial charge in [-0.1, -0.05) is 24.3 Å². The maximum Gasteiger partial charge on any atom is 0.148 e. The van der Waals surface area contributed by atoms with Gasteiger partial charge in [0.1, 0.15) is 17.8 Å². The monoisotopic (exact) mass is 376 g/mol. The molecule has 1 aromatic heterocycles. The highest BCUT2D eigenvalue weighted by molar-refractivity contribution is 5.61. The van der Waals surface area contributed by atoms with Gasteiger partial charge in [-0.2, -0.15) is 0 Å². The minimum Gasteiger partial charge on any atom is -0.497 e. The van der Waals surface area contributed by atoms with Crippen molar-refractivity contribution in [2.24, 2.45) is 0 Å². The van der Waals surface area contributed by atoms with Gasteiger partial charge in [-0.05, 0) is 54.3 Å². The SMILES string of the molecule is COc1ccc(Nc2cc(N)cc(C(O)NC3Cc4ccccc4C3)n2)cc1. The molecule has 0 saturated heterocycles. The molecule has 0 aliphatic heterocycles. The quantitative estimate of drug-likeness (QED) is 0.494. The number of fused-ring (bicyclic) bond motifs is 1. The number of aliphatic hydroxyl groups is 1. The lowest BCUT2D eigenvalue weighted by Gasteiger charge is -2.19. The van der Waals surface area contributed by atoms with E-state index in [0.29, 0.717) is 17.2 Å². The molecule has 28 heavy (non-hydrogen) atoms. The van der Waals surface area contributed by atoms with E-state index in [2.05, 4.69) is 27.8 Å². The van der Waals surface area contributed by atoms with Gasteiger partial charge in [-0.25, -0.2) is 4.98 Å². The number of nitrogens with zero attached hydrogens (tertiary/aromatic N) is 1. The molecule has 4 rings (SSSR count). The van der Waals surface area contributed by atoms with Crippen LogP contribution in [0.25, 0.3) is 0 Å². The van der Waals surface area contributed by atoms with E-state index in [1.54, 1.807) is 19.2 Å². The Morgan fingerprint density at radius 1 is 1.07 bits per heavy atom. The van der Waals surface area contributed by atoms with Crippen LogP contribution in [0.2, 0.25) is 0 Å². The standard InChI is InChI=1S/C22H24N4O2/c1-28-19-8-6-17(7-9-19)24-21-13-16(23)12-20(26-21)22(27)25-18-10-14-4-2-3-5-15(14)11-18/h2-9,12-13,18,22,25,27H,10-11H2,1H3,(H3,23,24,26). The fourth-order valence-corrected chi connectivity index (χ4v) is 3.59. The highest BCUT2D eigenvalue weighted by Gasteiger charge is 2.24. The summed E-state index contributed by atoms with van der Waals surface area (Å²) in [5, 5.41) is 17.2. The molecule has 6 heteroatoms. The second-order valence-corrected chi connectivity index (χ2v) is 7.01. The number of hydrogen-bond donors (Lipinski definition) is 4. The molecule has 1 aliphatic rings. The number of methoxy groups -OCH3 is 1. The van der Waals surface area contributed by atoms with Crippen molar-refractivity contribution in [3.05, 3.63) is 77.5 Å². The molecule has 1 heterocycles. The minimum atomic E-state index is -0.890. The summed E-state index contributed by atoms with van der Waals surface area (Å²) in [6.45, 7) is 0. The number of nitrogens with one attached hydrogen (secondary N) is 2. The molecule has 0 bridgehead atoms. The average Bonchev–Trinajstić information content (AvgIpc) is 3.10. The lowest BCUT2D eigenvalue weighted by atomic mass is 10.1. The van der Waals surface area contributed by atoms with Crippen LogP contribution in [-0.4, -0.2) is 23.2 Å². The minimum absolute atomic E-state index is 0.175. The third-order valence-corrected chi connectivity index (χ3v) is 4.95. The zero-order valence-electron chi connectivity index (χ0n) is 15.7. The molecule has 1 unspecified atom stereocenters. The average molecular weight is 376 g/mol. The number of nitrogen functional groups attached to an aromatic ring is 1. The van der Waals surface area contributed by atoms with E-state index in [-0.39, 0.29) is 6.04 Å². The molecule has 5 N–H and O–H groups in total. The molecular weight excluding hydrogens is 352 g/mol. The summed E-state index contributed by atoms with van der Waals surface area (Å²) in [6.07, 6.45) is 0.901. The number of pyridine rings is 1. The van der Waals surface area contributed by atoms with E-state index in [9.17, 15) is 5.11 Å². The van der Waals surface area contributed by atoms with Crippen LogP contribution >= 0.6 is 0 Å². The topological polar surface area (TPSA) is 92.4 Å². The van der Waals surface area contributed by atoms with E-state index >= 15 is 0 Å². The fourth-order valence-electron chi connectivity index (χ4n) is 3.59. The molecule has 0 spiro atoms. The highest BCUT2D eigenvalue weighted by Crippen LogP contribution is 2.25. The van der Waals surface area contributed by atoms with Crippen LogP contribution in [0.4, 0.5) is 17.2 Å². The summed E-state index contributed by atoms with van der Waals surface area (Å²) in [5.74, 6) is 1.36. The summed E-state index contributed by atoms with van der Waals surface area (Å²) in [7, 11) is 1.63. The van der Waals surface area contributed by atoms with Crippen LogP contribution in [-0.2, 0) is 12.8 Å². The van der Waals surface area contributed by atoms with Crippen molar-refractivity contribution < 1.29 is 9.84 Å². The number of aromatic nitrogens is 1. The lowest BCUT2D eigenvalue weighted by Crippen LogP contribution is -2.33. The zero-order chi connectivity index (χ0) is 19.5. The molecular formula is C22H24N4O2. The summed E-state index contributed by atoms with van der Waals surface area (Å²) in [6, 6.07) is 19.5. The van der Waals surface area contributed by atoms with Crippen molar-refractivity contribution in [2.75, 3.05) is 18.2 Å². The molecule has 0 amide bonds. The first-order valence-electron chi connectivity index (χ1n) is 9.30. The predicted molar refractivity (Wildman–Crippen MR) is 111 cm³/mol. The second-order valence-electron chi connectivity index (χ2n) is 7.01. The first-order chi connectivity index (χ1) is 13.6. The van der Waals surface area contributed by atoms with Crippen LogP contribution in [0.1, 0.15) is 23.0 Å². The molecule has 0 saturated carbocycles. The number of ether oxygens (including phenoxy) is 1. The van der Waals surface area contributed by atoms with E-state index in [1.807, 2.05) is 36.4 Å². The normalized spacial score (nSPS) is 14.5. The Bertz CT molecular complexity index is 934. The Kier molecular flexibility index (Phi) is 5.14. The van der Waals surface area contributed by atoms with Crippen LogP contribution in [0.5, 0.6) is 5.75 Å². The van der Waals surface area contributed by atoms with Crippen LogP contribution < -0.4 is 21.1 Å². The molecule has 144 valence electrons. The van der Waals surface area contributed by atoms with Gasteiger partial charge >= 0.3 is 0 Å². The van der Waals surface area contributed by atoms with Crippen molar-refractivity contribution >= 4 is 17.2 Å². The molecule has 1 atom stereocenters. The molecule has 0 radical (unpaired) electrons. The Morgan fingerprint density at radius 3 is 2.39 bits per heavy atom. The smallest absolute Gasteiger partial charge is 0.148 e. The fraction of sp³-hybridized carbons (Fsp3) is 0.227. The van der Waals surface area contributed by atoms with Crippen LogP contribution in [0.3, 0.4) is 0 Å². The maximum atomic E-state index is 10.7. The second kappa shape index (κ2) is 7.88. The summed E-state index contributed by atoms with van der Waals surface area (Å²) in [5.41, 5.74) is 10.6. The number of rotatable bonds is 6. The largest absolute Gasteiger partial charge is 0.497 e. The van der Waals surface area contributed by atoms with Gasteiger partial charge in [0.2, 0.25) is 0 Å². The number of hydrogen-bond acceptors (Lipinski definition) is 6. The summed E-state index contributed by atoms with van der Waals surface area (Å²) >= 11 is 0. The van der Waals surface area contributed by atoms with Crippen molar-refractivity contribution in [3.8, 4) is 5.75 Å². The predicted octanol–water partition coefficient (Wildman–Crippen LogP) is 3.16. The van der Waals surface area contributed by atoms with E-state index in [1.165, 1.54) is 11.1 Å². The zero-order valence-corrected chi connectivity index (χ0v) is 15.7. The van der Waals surface area contributed by atoms with Gasteiger partial charge in [0, 0.05) is 23.5 Å². The Balaban J connectivity index is 1.45. The molecule has 0 fully saturated rings. The third kappa shape index (κ3) is 4.08. The van der Waals surface area contributed by atoms with Crippen LogP contribution in [0.15, 0.2) is 60.7 Å². The number of benzene rings is 2. The molecule has 2 aromatic carbocycles. The summed E-state index contributed by atoms with van der Waals surface area (Å²) < 4.78 is 5.17. The number of nitrogens with two attached hydrogens (primary N) is 1. The van der Waals surface area contributed by atoms with Crippen LogP contribution in [0, 0.1) is 0 Å². The number of aliphatic hydroxyl groups excluding tert-OH is 1. The van der Waals surface area contributed by atoms with E-state index < -0.39 is 6.23 Å². The maximum absolute atomic E-state index is 10.7. The van der Waals surface area contributed by atoms with Crippen molar-refractivity contribution in [1.82, 2.24) is 10.3 Å². The van der Waals surface area contributed by atoms with Gasteiger partial charge in [-0.3, -0.25) is 5.32 Å². The van der Waals surface area contributed by atoms with E-state index in [4.69, 9.17) is 10.5 Å². The number of anilines is 3. The summed E-state index contributed by atoms with van der Waals surface area (Å²) in [4.78, 5) is 4.53. The first kappa shape index (κ1) is 18.3. The third-order valence-electron chi connectivity index (χ3n) is 4.95. The Morgan fingerprint density at radius 2 is 1.75 bits per heavy atom. The molecule has 3 aromatic rings. The van der Waals surface area contributed by atoms with E-state index in [0.717, 1.165) is 24.3 Å².